The fourth-order valence-corrected chi connectivity index (χ4v) is 2.01. The van der Waals surface area contributed by atoms with E-state index >= 15 is 0 Å². The van der Waals surface area contributed by atoms with Crippen LogP contribution in [0.25, 0.3) is 0 Å². The summed E-state index contributed by atoms with van der Waals surface area (Å²) in [4.78, 5) is 14.9. The Balaban J connectivity index is 2.26. The minimum Gasteiger partial charge on any atom is -0.491 e. The van der Waals surface area contributed by atoms with Crippen molar-refractivity contribution < 1.29 is 14.3 Å². The summed E-state index contributed by atoms with van der Waals surface area (Å²) in [6.07, 6.45) is 2.16. The minimum atomic E-state index is 0.216. The number of pyridine rings is 1. The van der Waals surface area contributed by atoms with Gasteiger partial charge in [0.25, 0.3) is 0 Å². The van der Waals surface area contributed by atoms with Gasteiger partial charge in [-0.1, -0.05) is 30.3 Å². The van der Waals surface area contributed by atoms with E-state index in [0.717, 1.165) is 5.56 Å². The number of halogens is 1. The van der Waals surface area contributed by atoms with Crippen molar-refractivity contribution in [2.75, 3.05) is 7.11 Å². The highest BCUT2D eigenvalue weighted by Gasteiger charge is 2.15. The number of carbonyl (C=O) groups is 1. The van der Waals surface area contributed by atoms with Crippen LogP contribution in [0.4, 0.5) is 0 Å². The maximum Gasteiger partial charge on any atom is 0.191 e. The number of carbonyl (C=O) groups excluding carboxylic acids is 1. The van der Waals surface area contributed by atoms with Gasteiger partial charge >= 0.3 is 0 Å². The second-order valence-electron chi connectivity index (χ2n) is 3.75. The van der Waals surface area contributed by atoms with Gasteiger partial charge in [-0.3, -0.25) is 4.79 Å². The zero-order valence-electron chi connectivity index (χ0n) is 10.3. The number of hydrogen-bond donors (Lipinski definition) is 0. The number of methoxy groups -OCH3 is 1. The first-order valence-corrected chi connectivity index (χ1v) is 6.40. The summed E-state index contributed by atoms with van der Waals surface area (Å²) >= 11 is 3.34. The molecule has 2 aromatic rings. The van der Waals surface area contributed by atoms with Crippen LogP contribution in [-0.2, 0) is 6.61 Å². The Hall–Kier alpha value is -1.88. The Labute approximate surface area is 119 Å². The Kier molecular flexibility index (Phi) is 4.52. The fourth-order valence-electron chi connectivity index (χ4n) is 1.61. The lowest BCUT2D eigenvalue weighted by atomic mass is 10.2. The Bertz CT molecular complexity index is 572. The molecule has 1 aromatic carbocycles. The summed E-state index contributed by atoms with van der Waals surface area (Å²) in [6, 6.07) is 9.74. The molecule has 0 bridgehead atoms. The SMILES string of the molecule is COc1c(C=O)ncc(Br)c1OCc1ccccc1. The molecule has 0 spiro atoms. The first kappa shape index (κ1) is 13.5. The second-order valence-corrected chi connectivity index (χ2v) is 4.60. The predicted molar refractivity (Wildman–Crippen MR) is 74.7 cm³/mol. The molecule has 98 valence electrons. The van der Waals surface area contributed by atoms with E-state index in [-0.39, 0.29) is 5.69 Å². The van der Waals surface area contributed by atoms with Crippen LogP contribution in [0.1, 0.15) is 16.1 Å². The van der Waals surface area contributed by atoms with Gasteiger partial charge in [0, 0.05) is 6.20 Å². The first-order valence-electron chi connectivity index (χ1n) is 5.60. The molecule has 1 aromatic heterocycles. The fraction of sp³-hybridized carbons (Fsp3) is 0.143. The summed E-state index contributed by atoms with van der Waals surface area (Å²) in [5, 5.41) is 0. The zero-order chi connectivity index (χ0) is 13.7. The third kappa shape index (κ3) is 3.12. The molecule has 19 heavy (non-hydrogen) atoms. The Morgan fingerprint density at radius 1 is 1.26 bits per heavy atom. The van der Waals surface area contributed by atoms with Crippen molar-refractivity contribution >= 4 is 22.2 Å². The molecule has 0 N–H and O–H groups in total. The van der Waals surface area contributed by atoms with Crippen LogP contribution >= 0.6 is 15.9 Å². The molecule has 0 aliphatic heterocycles. The van der Waals surface area contributed by atoms with Crippen molar-refractivity contribution in [1.82, 2.24) is 4.98 Å². The molecule has 1 heterocycles. The second kappa shape index (κ2) is 6.33. The van der Waals surface area contributed by atoms with Gasteiger partial charge in [0.05, 0.1) is 11.6 Å². The third-order valence-corrected chi connectivity index (χ3v) is 3.08. The quantitative estimate of drug-likeness (QED) is 0.793. The summed E-state index contributed by atoms with van der Waals surface area (Å²) < 4.78 is 11.5. The van der Waals surface area contributed by atoms with E-state index in [0.29, 0.717) is 28.9 Å². The van der Waals surface area contributed by atoms with Gasteiger partial charge in [-0.25, -0.2) is 4.98 Å². The number of aldehydes is 1. The van der Waals surface area contributed by atoms with Crippen LogP contribution in [0.2, 0.25) is 0 Å². The molecule has 0 saturated carbocycles. The molecule has 0 aliphatic carbocycles. The number of hydrogen-bond acceptors (Lipinski definition) is 4. The van der Waals surface area contributed by atoms with Crippen LogP contribution in [-0.4, -0.2) is 18.4 Å². The molecule has 0 amide bonds. The molecule has 5 heteroatoms. The molecule has 0 atom stereocenters. The van der Waals surface area contributed by atoms with Gasteiger partial charge in [0.2, 0.25) is 0 Å². The highest BCUT2D eigenvalue weighted by molar-refractivity contribution is 9.10. The van der Waals surface area contributed by atoms with Gasteiger partial charge < -0.3 is 9.47 Å². The van der Waals surface area contributed by atoms with Crippen LogP contribution in [0.3, 0.4) is 0 Å². The molecular weight excluding hydrogens is 310 g/mol. The van der Waals surface area contributed by atoms with Gasteiger partial charge in [-0.2, -0.15) is 0 Å². The number of benzene rings is 1. The molecule has 0 unspecified atom stereocenters. The van der Waals surface area contributed by atoms with E-state index in [2.05, 4.69) is 20.9 Å². The molecule has 0 radical (unpaired) electrons. The van der Waals surface area contributed by atoms with E-state index in [1.54, 1.807) is 0 Å². The van der Waals surface area contributed by atoms with Crippen molar-refractivity contribution in [3.8, 4) is 11.5 Å². The van der Waals surface area contributed by atoms with Crippen LogP contribution < -0.4 is 9.47 Å². The Morgan fingerprint density at radius 3 is 2.63 bits per heavy atom. The highest BCUT2D eigenvalue weighted by atomic mass is 79.9. The van der Waals surface area contributed by atoms with Crippen molar-refractivity contribution in [1.29, 1.82) is 0 Å². The third-order valence-electron chi connectivity index (χ3n) is 2.51. The van der Waals surface area contributed by atoms with Crippen LogP contribution in [0.15, 0.2) is 41.0 Å². The van der Waals surface area contributed by atoms with Gasteiger partial charge in [-0.05, 0) is 21.5 Å². The van der Waals surface area contributed by atoms with Gasteiger partial charge in [0.15, 0.2) is 17.8 Å². The smallest absolute Gasteiger partial charge is 0.191 e. The largest absolute Gasteiger partial charge is 0.491 e. The monoisotopic (exact) mass is 321 g/mol. The lowest BCUT2D eigenvalue weighted by Crippen LogP contribution is -2.02. The summed E-state index contributed by atoms with van der Waals surface area (Å²) in [6.45, 7) is 0.387. The maximum absolute atomic E-state index is 10.9. The lowest BCUT2D eigenvalue weighted by molar-refractivity contribution is 0.111. The molecule has 0 fully saturated rings. The van der Waals surface area contributed by atoms with E-state index in [1.807, 2.05) is 30.3 Å². The number of rotatable bonds is 5. The van der Waals surface area contributed by atoms with E-state index in [4.69, 9.17) is 9.47 Å². The topological polar surface area (TPSA) is 48.4 Å². The minimum absolute atomic E-state index is 0.216. The van der Waals surface area contributed by atoms with Gasteiger partial charge in [0.1, 0.15) is 12.3 Å². The van der Waals surface area contributed by atoms with E-state index in [9.17, 15) is 4.79 Å². The van der Waals surface area contributed by atoms with Crippen molar-refractivity contribution in [2.45, 2.75) is 6.61 Å². The highest BCUT2D eigenvalue weighted by Crippen LogP contribution is 2.36. The molecule has 4 nitrogen and oxygen atoms in total. The zero-order valence-corrected chi connectivity index (χ0v) is 11.9. The van der Waals surface area contributed by atoms with E-state index in [1.165, 1.54) is 13.3 Å². The average Bonchev–Trinajstić information content (AvgIpc) is 2.46. The number of aromatic nitrogens is 1. The molecular formula is C14H12BrNO3. The summed E-state index contributed by atoms with van der Waals surface area (Å²) in [7, 11) is 1.48. The number of nitrogens with zero attached hydrogens (tertiary/aromatic N) is 1. The van der Waals surface area contributed by atoms with Crippen molar-refractivity contribution in [3.63, 3.8) is 0 Å². The standard InChI is InChI=1S/C14H12BrNO3/c1-18-14-12(8-17)16-7-11(15)13(14)19-9-10-5-3-2-4-6-10/h2-8H,9H2,1H3. The Morgan fingerprint density at radius 2 is 2.00 bits per heavy atom. The van der Waals surface area contributed by atoms with Crippen LogP contribution in [0, 0.1) is 0 Å². The van der Waals surface area contributed by atoms with E-state index < -0.39 is 0 Å². The molecule has 2 rings (SSSR count). The summed E-state index contributed by atoms with van der Waals surface area (Å²) in [5.41, 5.74) is 1.25. The first-order chi connectivity index (χ1) is 9.26. The maximum atomic E-state index is 10.9. The molecule has 0 saturated heterocycles. The van der Waals surface area contributed by atoms with Crippen molar-refractivity contribution in [3.05, 3.63) is 52.3 Å². The number of ether oxygens (including phenoxy) is 2. The molecule has 0 aliphatic rings. The normalized spacial score (nSPS) is 10.0. The predicted octanol–water partition coefficient (Wildman–Crippen LogP) is 3.24. The van der Waals surface area contributed by atoms with Crippen LogP contribution in [0.5, 0.6) is 11.5 Å². The average molecular weight is 322 g/mol. The van der Waals surface area contributed by atoms with Crippen molar-refractivity contribution in [2.24, 2.45) is 0 Å². The lowest BCUT2D eigenvalue weighted by Gasteiger charge is -2.13. The summed E-state index contributed by atoms with van der Waals surface area (Å²) in [5.74, 6) is 0.809. The van der Waals surface area contributed by atoms with Gasteiger partial charge in [-0.15, -0.1) is 0 Å².